The summed E-state index contributed by atoms with van der Waals surface area (Å²) in [5.41, 5.74) is 2.74. The van der Waals surface area contributed by atoms with Crippen LogP contribution in [0.1, 0.15) is 11.4 Å². The first-order chi connectivity index (χ1) is 12.2. The van der Waals surface area contributed by atoms with Gasteiger partial charge in [0.05, 0.1) is 6.42 Å². The Morgan fingerprint density at radius 2 is 1.84 bits per heavy atom. The van der Waals surface area contributed by atoms with Crippen LogP contribution in [0.25, 0.3) is 15.5 Å². The summed E-state index contributed by atoms with van der Waals surface area (Å²) in [7, 11) is 0. The highest BCUT2D eigenvalue weighted by Gasteiger charge is 2.10. The van der Waals surface area contributed by atoms with E-state index in [2.05, 4.69) is 20.6 Å². The lowest BCUT2D eigenvalue weighted by atomic mass is 10.1. The molecule has 1 amide bonds. The number of carbonyl (C=O) groups excluding carboxylic acids is 1. The van der Waals surface area contributed by atoms with Crippen LogP contribution >= 0.6 is 11.3 Å². The highest BCUT2D eigenvalue weighted by molar-refractivity contribution is 7.19. The van der Waals surface area contributed by atoms with Crippen molar-refractivity contribution in [1.82, 2.24) is 19.8 Å². The van der Waals surface area contributed by atoms with Crippen molar-refractivity contribution in [1.29, 1.82) is 0 Å². The van der Waals surface area contributed by atoms with Gasteiger partial charge in [0.25, 0.3) is 0 Å². The molecule has 0 saturated carbocycles. The Balaban J connectivity index is 1.47. The summed E-state index contributed by atoms with van der Waals surface area (Å²) >= 11 is 1.48. The van der Waals surface area contributed by atoms with Crippen LogP contribution in [0, 0.1) is 6.92 Å². The van der Waals surface area contributed by atoms with E-state index in [0.717, 1.165) is 32.6 Å². The van der Waals surface area contributed by atoms with E-state index in [1.165, 1.54) is 11.3 Å². The lowest BCUT2D eigenvalue weighted by Gasteiger charge is -2.06. The molecule has 25 heavy (non-hydrogen) atoms. The Hall–Kier alpha value is -3.06. The predicted octanol–water partition coefficient (Wildman–Crippen LogP) is 3.34. The Morgan fingerprint density at radius 1 is 1.08 bits per heavy atom. The number of aromatic nitrogens is 4. The number of hydrogen-bond donors (Lipinski definition) is 1. The molecule has 0 bridgehead atoms. The summed E-state index contributed by atoms with van der Waals surface area (Å²) in [6.07, 6.45) is 0.360. The Labute approximate surface area is 148 Å². The van der Waals surface area contributed by atoms with Crippen molar-refractivity contribution in [3.05, 3.63) is 66.0 Å². The molecular weight excluding hydrogens is 334 g/mol. The van der Waals surface area contributed by atoms with Gasteiger partial charge in [-0.2, -0.15) is 9.61 Å². The molecule has 2 heterocycles. The average Bonchev–Trinajstić information content (AvgIpc) is 3.19. The van der Waals surface area contributed by atoms with E-state index in [1.807, 2.05) is 61.5 Å². The summed E-state index contributed by atoms with van der Waals surface area (Å²) in [5, 5.41) is 16.4. The Bertz CT molecular complexity index is 1020. The van der Waals surface area contributed by atoms with Crippen molar-refractivity contribution in [3.8, 4) is 10.6 Å². The van der Waals surface area contributed by atoms with Crippen LogP contribution in [-0.2, 0) is 11.2 Å². The number of amides is 1. The number of benzene rings is 2. The molecule has 4 rings (SSSR count). The minimum atomic E-state index is -0.0339. The van der Waals surface area contributed by atoms with Crippen molar-refractivity contribution < 1.29 is 4.79 Å². The van der Waals surface area contributed by atoms with E-state index in [4.69, 9.17) is 0 Å². The second kappa shape index (κ2) is 6.45. The monoisotopic (exact) mass is 349 g/mol. The van der Waals surface area contributed by atoms with Gasteiger partial charge in [0, 0.05) is 11.3 Å². The lowest BCUT2D eigenvalue weighted by Crippen LogP contribution is -2.14. The van der Waals surface area contributed by atoms with E-state index in [-0.39, 0.29) is 5.91 Å². The van der Waals surface area contributed by atoms with Gasteiger partial charge in [-0.25, -0.2) is 0 Å². The van der Waals surface area contributed by atoms with Gasteiger partial charge < -0.3 is 5.32 Å². The van der Waals surface area contributed by atoms with Crippen LogP contribution in [0.5, 0.6) is 0 Å². The average molecular weight is 349 g/mol. The maximum absolute atomic E-state index is 12.1. The predicted molar refractivity (Wildman–Crippen MR) is 97.6 cm³/mol. The van der Waals surface area contributed by atoms with E-state index in [0.29, 0.717) is 6.42 Å². The molecule has 0 aliphatic carbocycles. The highest BCUT2D eigenvalue weighted by Crippen LogP contribution is 2.26. The quantitative estimate of drug-likeness (QED) is 0.613. The third-order valence-corrected chi connectivity index (χ3v) is 4.72. The normalized spacial score (nSPS) is 10.9. The zero-order valence-corrected chi connectivity index (χ0v) is 14.3. The van der Waals surface area contributed by atoms with Crippen molar-refractivity contribution in [2.75, 3.05) is 5.32 Å². The van der Waals surface area contributed by atoms with Crippen LogP contribution in [0.2, 0.25) is 0 Å². The van der Waals surface area contributed by atoms with Gasteiger partial charge in [0.1, 0.15) is 5.01 Å². The molecule has 0 aliphatic heterocycles. The maximum Gasteiger partial charge on any atom is 0.234 e. The summed E-state index contributed by atoms with van der Waals surface area (Å²) in [6.45, 7) is 1.87. The standard InChI is InChI=1S/C18H15N5OS/c1-12-20-21-18-23(12)22-17(25-18)14-7-9-15(10-8-14)19-16(24)11-13-5-3-2-4-6-13/h2-10H,11H2,1H3,(H,19,24). The number of nitrogens with one attached hydrogen (secondary N) is 1. The molecule has 2 aromatic carbocycles. The van der Waals surface area contributed by atoms with Crippen molar-refractivity contribution in [2.45, 2.75) is 13.3 Å². The first kappa shape index (κ1) is 15.5. The Kier molecular flexibility index (Phi) is 3.99. The van der Waals surface area contributed by atoms with Crippen LogP contribution in [0.4, 0.5) is 5.69 Å². The SMILES string of the molecule is Cc1nnc2sc(-c3ccc(NC(=O)Cc4ccccc4)cc3)nn12. The van der Waals surface area contributed by atoms with Gasteiger partial charge in [-0.1, -0.05) is 41.7 Å². The van der Waals surface area contributed by atoms with Crippen LogP contribution in [-0.4, -0.2) is 25.7 Å². The third-order valence-electron chi connectivity index (χ3n) is 3.77. The third kappa shape index (κ3) is 3.27. The molecule has 0 aliphatic rings. The van der Waals surface area contributed by atoms with Gasteiger partial charge in [0.15, 0.2) is 5.82 Å². The molecule has 4 aromatic rings. The van der Waals surface area contributed by atoms with Gasteiger partial charge in [0.2, 0.25) is 10.9 Å². The molecule has 0 atom stereocenters. The zero-order valence-electron chi connectivity index (χ0n) is 13.5. The second-order valence-electron chi connectivity index (χ2n) is 5.64. The van der Waals surface area contributed by atoms with Gasteiger partial charge in [-0.3, -0.25) is 4.79 Å². The minimum Gasteiger partial charge on any atom is -0.326 e. The fourth-order valence-electron chi connectivity index (χ4n) is 2.51. The molecule has 0 fully saturated rings. The molecular formula is C18H15N5OS. The lowest BCUT2D eigenvalue weighted by molar-refractivity contribution is -0.115. The number of nitrogens with zero attached hydrogens (tertiary/aromatic N) is 4. The highest BCUT2D eigenvalue weighted by atomic mass is 32.1. The van der Waals surface area contributed by atoms with E-state index in [9.17, 15) is 4.79 Å². The fraction of sp³-hybridized carbons (Fsp3) is 0.111. The summed E-state index contributed by atoms with van der Waals surface area (Å²) in [4.78, 5) is 12.9. The zero-order chi connectivity index (χ0) is 17.2. The number of rotatable bonds is 4. The molecule has 0 radical (unpaired) electrons. The molecule has 0 unspecified atom stereocenters. The summed E-state index contributed by atoms with van der Waals surface area (Å²) in [6, 6.07) is 17.3. The van der Waals surface area contributed by atoms with E-state index >= 15 is 0 Å². The van der Waals surface area contributed by atoms with Gasteiger partial charge in [-0.05, 0) is 36.8 Å². The van der Waals surface area contributed by atoms with Crippen molar-refractivity contribution >= 4 is 27.9 Å². The molecule has 0 spiro atoms. The Morgan fingerprint density at radius 3 is 2.56 bits per heavy atom. The first-order valence-electron chi connectivity index (χ1n) is 7.82. The molecule has 124 valence electrons. The minimum absolute atomic E-state index is 0.0339. The molecule has 0 saturated heterocycles. The van der Waals surface area contributed by atoms with E-state index < -0.39 is 0 Å². The number of fused-ring (bicyclic) bond motifs is 1. The van der Waals surface area contributed by atoms with Crippen LogP contribution < -0.4 is 5.32 Å². The fourth-order valence-corrected chi connectivity index (χ4v) is 3.40. The van der Waals surface area contributed by atoms with Crippen LogP contribution in [0.15, 0.2) is 54.6 Å². The molecule has 1 N–H and O–H groups in total. The first-order valence-corrected chi connectivity index (χ1v) is 8.64. The molecule has 7 heteroatoms. The number of hydrogen-bond acceptors (Lipinski definition) is 5. The van der Waals surface area contributed by atoms with Gasteiger partial charge >= 0.3 is 0 Å². The smallest absolute Gasteiger partial charge is 0.234 e. The van der Waals surface area contributed by atoms with Gasteiger partial charge in [-0.15, -0.1) is 10.2 Å². The number of carbonyl (C=O) groups is 1. The second-order valence-corrected chi connectivity index (χ2v) is 6.59. The maximum atomic E-state index is 12.1. The van der Waals surface area contributed by atoms with Crippen LogP contribution in [0.3, 0.4) is 0 Å². The summed E-state index contributed by atoms with van der Waals surface area (Å²) in [5.74, 6) is 0.732. The molecule has 2 aromatic heterocycles. The van der Waals surface area contributed by atoms with Crippen molar-refractivity contribution in [3.63, 3.8) is 0 Å². The number of anilines is 1. The summed E-state index contributed by atoms with van der Waals surface area (Å²) < 4.78 is 1.73. The number of aryl methyl sites for hydroxylation is 1. The topological polar surface area (TPSA) is 72.2 Å². The van der Waals surface area contributed by atoms with Crippen molar-refractivity contribution in [2.24, 2.45) is 0 Å². The van der Waals surface area contributed by atoms with E-state index in [1.54, 1.807) is 4.52 Å². The molecule has 6 nitrogen and oxygen atoms in total. The largest absolute Gasteiger partial charge is 0.326 e.